The first-order valence-corrected chi connectivity index (χ1v) is 18.0. The molecule has 5 heterocycles. The van der Waals surface area contributed by atoms with Crippen molar-refractivity contribution in [3.63, 3.8) is 0 Å². The number of anilines is 1. The van der Waals surface area contributed by atoms with Gasteiger partial charge in [-0.3, -0.25) is 10.00 Å². The predicted molar refractivity (Wildman–Crippen MR) is 185 cm³/mol. The fraction of sp³-hybridized carbons (Fsp3) is 0.600. The van der Waals surface area contributed by atoms with Crippen LogP contribution in [0.4, 0.5) is 10.5 Å². The van der Waals surface area contributed by atoms with E-state index < -0.39 is 0 Å². The number of nitrogens with zero attached hydrogens (tertiary/aromatic N) is 5. The molecule has 0 saturated carbocycles. The third-order valence-corrected chi connectivity index (χ3v) is 11.4. The molecule has 45 heavy (non-hydrogen) atoms. The van der Waals surface area contributed by atoms with Crippen LogP contribution >= 0.6 is 15.9 Å². The van der Waals surface area contributed by atoms with Crippen molar-refractivity contribution in [2.75, 3.05) is 77.3 Å². The van der Waals surface area contributed by atoms with E-state index in [1.807, 2.05) is 18.3 Å². The van der Waals surface area contributed by atoms with Crippen LogP contribution in [0.2, 0.25) is 0 Å². The highest BCUT2D eigenvalue weighted by Gasteiger charge is 2.31. The maximum Gasteiger partial charge on any atom is 0.322 e. The molecule has 1 atom stereocenters. The number of aromatic amines is 1. The Kier molecular flexibility index (Phi) is 10.0. The molecule has 0 radical (unpaired) electrons. The summed E-state index contributed by atoms with van der Waals surface area (Å²) in [6, 6.07) is 14.0. The average Bonchev–Trinajstić information content (AvgIpc) is 3.48. The highest BCUT2D eigenvalue weighted by atomic mass is 79.9. The number of carbonyl (C=O) groups is 1. The molecule has 242 valence electrons. The topological polar surface area (TPSA) is 82.8 Å². The summed E-state index contributed by atoms with van der Waals surface area (Å²) >= 11 is 3.79. The van der Waals surface area contributed by atoms with Gasteiger partial charge < -0.3 is 25.3 Å². The number of likely N-dealkylation sites (tertiary alicyclic amines) is 2. The summed E-state index contributed by atoms with van der Waals surface area (Å²) in [5.41, 5.74) is 4.68. The van der Waals surface area contributed by atoms with Gasteiger partial charge in [0.1, 0.15) is 0 Å². The Morgan fingerprint density at radius 2 is 1.67 bits per heavy atom. The molecule has 4 aliphatic heterocycles. The molecule has 0 bridgehead atoms. The van der Waals surface area contributed by atoms with E-state index in [-0.39, 0.29) is 6.03 Å². The molecule has 3 N–H and O–H groups in total. The zero-order valence-electron chi connectivity index (χ0n) is 26.5. The van der Waals surface area contributed by atoms with Crippen molar-refractivity contribution in [1.29, 1.82) is 0 Å². The number of hydrogen-bond donors (Lipinski definition) is 3. The lowest BCUT2D eigenvalue weighted by Crippen LogP contribution is -2.52. The summed E-state index contributed by atoms with van der Waals surface area (Å²) in [5.74, 6) is 0.601. The zero-order valence-corrected chi connectivity index (χ0v) is 28.1. The Morgan fingerprint density at radius 1 is 0.911 bits per heavy atom. The van der Waals surface area contributed by atoms with Gasteiger partial charge in [0.05, 0.1) is 11.7 Å². The van der Waals surface area contributed by atoms with Gasteiger partial charge in [-0.05, 0) is 116 Å². The number of fused-ring (bicyclic) bond motifs is 2. The van der Waals surface area contributed by atoms with E-state index in [1.54, 1.807) is 0 Å². The number of halogens is 1. The van der Waals surface area contributed by atoms with Crippen LogP contribution in [0.5, 0.6) is 0 Å². The third kappa shape index (κ3) is 7.57. The zero-order chi connectivity index (χ0) is 30.6. The summed E-state index contributed by atoms with van der Waals surface area (Å²) in [6.07, 6.45) is 9.84. The van der Waals surface area contributed by atoms with Crippen LogP contribution in [0, 0.1) is 5.92 Å². The fourth-order valence-corrected chi connectivity index (χ4v) is 8.83. The van der Waals surface area contributed by atoms with Crippen LogP contribution in [-0.4, -0.2) is 120 Å². The number of hydrogen-bond acceptors (Lipinski definition) is 6. The molecular formula is C35H49BrN8O. The molecule has 3 fully saturated rings. The van der Waals surface area contributed by atoms with E-state index in [4.69, 9.17) is 0 Å². The number of carbonyl (C=O) groups excluding carboxylic acids is 1. The standard InChI is InChI=1S/C35H49BrN8O/c36-32-23-27(22-29-24-38-40-34(29)32)21-26(25-42-16-7-30(8-17-42)43-19-11-37-12-20-43)5-13-41-14-9-31(10-15-41)44-18-6-28-3-1-2-4-33(28)39-35(44)45/h1-4,22-24,26,30-31,37H,5-21,25H2,(H,38,40)(H,39,45). The number of urea groups is 1. The maximum absolute atomic E-state index is 13.1. The van der Waals surface area contributed by atoms with Crippen LogP contribution in [0.15, 0.2) is 47.1 Å². The molecule has 1 unspecified atom stereocenters. The van der Waals surface area contributed by atoms with Gasteiger partial charge in [-0.25, -0.2) is 4.79 Å². The minimum atomic E-state index is 0.0694. The number of para-hydroxylation sites is 1. The van der Waals surface area contributed by atoms with Crippen molar-refractivity contribution in [3.8, 4) is 0 Å². The molecule has 7 rings (SSSR count). The summed E-state index contributed by atoms with van der Waals surface area (Å²) in [5, 5.41) is 15.3. The van der Waals surface area contributed by atoms with Gasteiger partial charge in [-0.15, -0.1) is 0 Å². The lowest BCUT2D eigenvalue weighted by molar-refractivity contribution is 0.0854. The third-order valence-electron chi connectivity index (χ3n) is 10.8. The van der Waals surface area contributed by atoms with Crippen LogP contribution in [0.1, 0.15) is 43.2 Å². The molecule has 10 heteroatoms. The fourth-order valence-electron chi connectivity index (χ4n) is 8.22. The van der Waals surface area contributed by atoms with Crippen molar-refractivity contribution >= 4 is 38.6 Å². The molecule has 9 nitrogen and oxygen atoms in total. The number of amides is 2. The first-order chi connectivity index (χ1) is 22.1. The molecular weight excluding hydrogens is 628 g/mol. The van der Waals surface area contributed by atoms with Crippen LogP contribution < -0.4 is 10.6 Å². The average molecular weight is 678 g/mol. The van der Waals surface area contributed by atoms with Gasteiger partial charge >= 0.3 is 6.03 Å². The van der Waals surface area contributed by atoms with Crippen molar-refractivity contribution in [1.82, 2.24) is 35.1 Å². The molecule has 3 aromatic rings. The van der Waals surface area contributed by atoms with E-state index in [0.29, 0.717) is 12.0 Å². The Balaban J connectivity index is 0.946. The smallest absolute Gasteiger partial charge is 0.321 e. The molecule has 4 aliphatic rings. The summed E-state index contributed by atoms with van der Waals surface area (Å²) in [4.78, 5) is 23.3. The van der Waals surface area contributed by atoms with Gasteiger partial charge in [-0.1, -0.05) is 18.2 Å². The maximum atomic E-state index is 13.1. The van der Waals surface area contributed by atoms with Crippen LogP contribution in [0.25, 0.3) is 10.9 Å². The van der Waals surface area contributed by atoms with Gasteiger partial charge in [0.15, 0.2) is 0 Å². The number of aromatic nitrogens is 2. The van der Waals surface area contributed by atoms with E-state index in [1.165, 1.54) is 68.5 Å². The molecule has 2 amide bonds. The lowest BCUT2D eigenvalue weighted by Gasteiger charge is -2.41. The monoisotopic (exact) mass is 676 g/mol. The number of piperazine rings is 1. The van der Waals surface area contributed by atoms with Gasteiger partial charge in [0.2, 0.25) is 0 Å². The SMILES string of the molecule is O=C1Nc2ccccc2CCN1C1CCN(CCC(Cc2cc(Br)c3[nH]ncc3c2)CN2CCC(N3CCNCC3)CC2)CC1. The Bertz CT molecular complexity index is 1420. The van der Waals surface area contributed by atoms with E-state index >= 15 is 0 Å². The molecule has 0 spiro atoms. The second-order valence-electron chi connectivity index (χ2n) is 13.7. The van der Waals surface area contributed by atoms with Gasteiger partial charge in [0, 0.05) is 80.0 Å². The minimum Gasteiger partial charge on any atom is -0.321 e. The number of piperidine rings is 2. The van der Waals surface area contributed by atoms with Crippen LogP contribution in [-0.2, 0) is 12.8 Å². The van der Waals surface area contributed by atoms with E-state index in [9.17, 15) is 4.79 Å². The molecule has 0 aliphatic carbocycles. The normalized spacial score (nSPS) is 22.3. The highest BCUT2D eigenvalue weighted by molar-refractivity contribution is 9.10. The van der Waals surface area contributed by atoms with Crippen molar-refractivity contribution in [2.24, 2.45) is 5.92 Å². The number of nitrogens with one attached hydrogen (secondary N) is 3. The Hall–Kier alpha value is -2.50. The van der Waals surface area contributed by atoms with Gasteiger partial charge in [0.25, 0.3) is 0 Å². The first-order valence-electron chi connectivity index (χ1n) is 17.3. The number of benzene rings is 2. The quantitative estimate of drug-likeness (QED) is 0.302. The largest absolute Gasteiger partial charge is 0.322 e. The van der Waals surface area contributed by atoms with Gasteiger partial charge in [-0.2, -0.15) is 5.10 Å². The van der Waals surface area contributed by atoms with Crippen molar-refractivity contribution < 1.29 is 4.79 Å². The lowest BCUT2D eigenvalue weighted by atomic mass is 9.92. The molecule has 3 saturated heterocycles. The van der Waals surface area contributed by atoms with Crippen LogP contribution in [0.3, 0.4) is 0 Å². The summed E-state index contributed by atoms with van der Waals surface area (Å²) in [6.45, 7) is 12.3. The molecule has 1 aromatic heterocycles. The van der Waals surface area contributed by atoms with E-state index in [0.717, 1.165) is 86.7 Å². The number of H-pyrrole nitrogens is 1. The van der Waals surface area contributed by atoms with Crippen molar-refractivity contribution in [3.05, 3.63) is 58.2 Å². The predicted octanol–water partition coefficient (Wildman–Crippen LogP) is 4.80. The Labute approximate surface area is 276 Å². The number of rotatable bonds is 9. The second kappa shape index (κ2) is 14.5. The summed E-state index contributed by atoms with van der Waals surface area (Å²) < 4.78 is 1.10. The first kappa shape index (κ1) is 31.1. The second-order valence-corrected chi connectivity index (χ2v) is 14.5. The van der Waals surface area contributed by atoms with E-state index in [2.05, 4.69) is 80.6 Å². The molecule has 2 aromatic carbocycles. The Morgan fingerprint density at radius 3 is 2.49 bits per heavy atom. The minimum absolute atomic E-state index is 0.0694. The van der Waals surface area contributed by atoms with Crippen molar-refractivity contribution in [2.45, 2.75) is 57.0 Å². The highest BCUT2D eigenvalue weighted by Crippen LogP contribution is 2.28. The summed E-state index contributed by atoms with van der Waals surface area (Å²) in [7, 11) is 0.